The van der Waals surface area contributed by atoms with E-state index in [2.05, 4.69) is 31.2 Å². The van der Waals surface area contributed by atoms with Crippen LogP contribution in [0.3, 0.4) is 0 Å². The molecule has 3 nitrogen and oxygen atoms in total. The van der Waals surface area contributed by atoms with Gasteiger partial charge in [0.25, 0.3) is 0 Å². The van der Waals surface area contributed by atoms with Gasteiger partial charge in [-0.05, 0) is 50.0 Å². The van der Waals surface area contributed by atoms with Crippen molar-refractivity contribution in [2.24, 2.45) is 5.92 Å². The van der Waals surface area contributed by atoms with Crippen LogP contribution in [0, 0.1) is 18.9 Å². The number of hydrogen-bond donors (Lipinski definition) is 0. The summed E-state index contributed by atoms with van der Waals surface area (Å²) >= 11 is 0. The highest BCUT2D eigenvalue weighted by Gasteiger charge is 2.35. The van der Waals surface area contributed by atoms with Crippen molar-refractivity contribution in [3.05, 3.63) is 48.9 Å². The predicted molar refractivity (Wildman–Crippen MR) is 117 cm³/mol. The molecule has 0 N–H and O–H groups in total. The molecule has 160 valence electrons. The smallest absolute Gasteiger partial charge is 0.169 e. The van der Waals surface area contributed by atoms with Crippen molar-refractivity contribution in [1.82, 2.24) is 0 Å². The number of benzene rings is 1. The molecule has 0 aromatic heterocycles. The SMILES string of the molecule is [CH2]CCC(CC(=O)[C]1OC2CCCCCCC1COCCCC2)c1ccccc1. The summed E-state index contributed by atoms with van der Waals surface area (Å²) in [5, 5.41) is 0. The Morgan fingerprint density at radius 2 is 1.72 bits per heavy atom. The standard InChI is InChI=1S/C26H38O3/c1-2-12-22(21-13-7-5-8-14-21)19-25(27)26-23-15-6-3-4-9-16-24(29-26)17-10-11-18-28-20-23/h5,7-8,13-14,22-24H,1-4,6,9-12,15-20H2. The zero-order valence-electron chi connectivity index (χ0n) is 18.0. The Morgan fingerprint density at radius 3 is 2.48 bits per heavy atom. The van der Waals surface area contributed by atoms with E-state index in [1.807, 2.05) is 6.07 Å². The van der Waals surface area contributed by atoms with Crippen molar-refractivity contribution in [2.75, 3.05) is 13.2 Å². The molecular formula is C26H38O3. The second kappa shape index (κ2) is 12.5. The number of rotatable bonds is 6. The Balaban J connectivity index is 1.77. The lowest BCUT2D eigenvalue weighted by Gasteiger charge is -2.32. The average molecular weight is 399 g/mol. The number of ether oxygens (including phenoxy) is 2. The highest BCUT2D eigenvalue weighted by molar-refractivity contribution is 5.91. The van der Waals surface area contributed by atoms with Crippen LogP contribution in [0.25, 0.3) is 0 Å². The third kappa shape index (κ3) is 7.22. The predicted octanol–water partition coefficient (Wildman–Crippen LogP) is 6.43. The van der Waals surface area contributed by atoms with Gasteiger partial charge in [-0.3, -0.25) is 4.79 Å². The molecule has 0 saturated carbocycles. The number of carbonyl (C=O) groups is 1. The number of ketones is 1. The van der Waals surface area contributed by atoms with Crippen LogP contribution < -0.4 is 0 Å². The molecule has 1 aromatic rings. The first kappa shape index (κ1) is 22.5. The quantitative estimate of drug-likeness (QED) is 0.554. The number of fused-ring (bicyclic) bond motifs is 3. The monoisotopic (exact) mass is 398 g/mol. The second-order valence-corrected chi connectivity index (χ2v) is 8.74. The van der Waals surface area contributed by atoms with E-state index in [9.17, 15) is 4.79 Å². The lowest BCUT2D eigenvalue weighted by molar-refractivity contribution is -0.129. The van der Waals surface area contributed by atoms with Crippen LogP contribution in [0.5, 0.6) is 0 Å². The summed E-state index contributed by atoms with van der Waals surface area (Å²) in [5.74, 6) is 0.505. The maximum Gasteiger partial charge on any atom is 0.169 e. The van der Waals surface area contributed by atoms with E-state index in [1.54, 1.807) is 0 Å². The van der Waals surface area contributed by atoms with Crippen molar-refractivity contribution in [3.63, 3.8) is 0 Å². The van der Waals surface area contributed by atoms with Gasteiger partial charge in [0.15, 0.2) is 11.9 Å². The minimum absolute atomic E-state index is 0.109. The fourth-order valence-electron chi connectivity index (χ4n) is 4.72. The first-order valence-electron chi connectivity index (χ1n) is 11.8. The van der Waals surface area contributed by atoms with Crippen LogP contribution in [0.4, 0.5) is 0 Å². The molecule has 3 rings (SSSR count). The van der Waals surface area contributed by atoms with Gasteiger partial charge in [-0.25, -0.2) is 0 Å². The van der Waals surface area contributed by atoms with E-state index in [4.69, 9.17) is 9.47 Å². The van der Waals surface area contributed by atoms with E-state index in [-0.39, 0.29) is 23.7 Å². The highest BCUT2D eigenvalue weighted by atomic mass is 16.5. The minimum atomic E-state index is 0.109. The molecule has 2 aliphatic rings. The van der Waals surface area contributed by atoms with Gasteiger partial charge in [0.2, 0.25) is 0 Å². The molecule has 3 atom stereocenters. The highest BCUT2D eigenvalue weighted by Crippen LogP contribution is 2.34. The lowest BCUT2D eigenvalue weighted by atomic mass is 9.84. The van der Waals surface area contributed by atoms with Crippen molar-refractivity contribution in [1.29, 1.82) is 0 Å². The average Bonchev–Trinajstić information content (AvgIpc) is 2.75. The molecule has 3 heteroatoms. The van der Waals surface area contributed by atoms with Gasteiger partial charge < -0.3 is 9.47 Å². The summed E-state index contributed by atoms with van der Waals surface area (Å²) in [7, 11) is 0. The lowest BCUT2D eigenvalue weighted by Crippen LogP contribution is -2.33. The van der Waals surface area contributed by atoms with E-state index >= 15 is 0 Å². The van der Waals surface area contributed by atoms with Crippen molar-refractivity contribution >= 4 is 5.78 Å². The summed E-state index contributed by atoms with van der Waals surface area (Å²) in [6, 6.07) is 10.4. The summed E-state index contributed by atoms with van der Waals surface area (Å²) in [6.45, 7) is 5.47. The second-order valence-electron chi connectivity index (χ2n) is 8.74. The van der Waals surface area contributed by atoms with Gasteiger partial charge in [0.1, 0.15) is 0 Å². The van der Waals surface area contributed by atoms with Gasteiger partial charge in [-0.2, -0.15) is 0 Å². The molecule has 0 spiro atoms. The molecule has 29 heavy (non-hydrogen) atoms. The number of carbonyl (C=O) groups excluding carboxylic acids is 1. The first-order valence-corrected chi connectivity index (χ1v) is 11.8. The maximum atomic E-state index is 13.5. The molecular weight excluding hydrogens is 360 g/mol. The Morgan fingerprint density at radius 1 is 1.00 bits per heavy atom. The molecule has 1 aromatic carbocycles. The van der Waals surface area contributed by atoms with E-state index in [0.717, 1.165) is 58.0 Å². The summed E-state index contributed by atoms with van der Waals surface area (Å²) in [4.78, 5) is 13.5. The molecule has 2 saturated heterocycles. The van der Waals surface area contributed by atoms with Crippen LogP contribution in [-0.4, -0.2) is 25.1 Å². The molecule has 2 heterocycles. The van der Waals surface area contributed by atoms with Crippen molar-refractivity contribution in [2.45, 2.75) is 89.1 Å². The summed E-state index contributed by atoms with van der Waals surface area (Å²) in [5.41, 5.74) is 1.23. The zero-order chi connectivity index (χ0) is 20.3. The van der Waals surface area contributed by atoms with Gasteiger partial charge >= 0.3 is 0 Å². The number of Topliss-reactive ketones (excluding diaryl/α,β-unsaturated/α-hetero) is 1. The Bertz CT molecular complexity index is 569. The third-order valence-corrected chi connectivity index (χ3v) is 6.41. The fraction of sp³-hybridized carbons (Fsp3) is 0.654. The van der Waals surface area contributed by atoms with Crippen LogP contribution in [-0.2, 0) is 14.3 Å². The molecule has 2 fully saturated rings. The molecule has 2 bridgehead atoms. The topological polar surface area (TPSA) is 35.5 Å². The third-order valence-electron chi connectivity index (χ3n) is 6.41. The molecule has 3 unspecified atom stereocenters. The van der Waals surface area contributed by atoms with E-state index in [1.165, 1.54) is 24.8 Å². The van der Waals surface area contributed by atoms with Gasteiger partial charge in [-0.15, -0.1) is 0 Å². The van der Waals surface area contributed by atoms with Crippen molar-refractivity contribution in [3.8, 4) is 0 Å². The Hall–Kier alpha value is -1.19. The van der Waals surface area contributed by atoms with Crippen LogP contribution >= 0.6 is 0 Å². The summed E-state index contributed by atoms with van der Waals surface area (Å²) < 4.78 is 12.5. The largest absolute Gasteiger partial charge is 0.381 e. The molecule has 2 radical (unpaired) electrons. The fourth-order valence-corrected chi connectivity index (χ4v) is 4.72. The first-order chi connectivity index (χ1) is 14.3. The van der Waals surface area contributed by atoms with Gasteiger partial charge in [-0.1, -0.05) is 69.4 Å². The maximum absolute atomic E-state index is 13.5. The Labute approximate surface area is 177 Å². The van der Waals surface area contributed by atoms with Crippen LogP contribution in [0.2, 0.25) is 0 Å². The van der Waals surface area contributed by atoms with Crippen LogP contribution in [0.15, 0.2) is 30.3 Å². The molecule has 2 aliphatic heterocycles. The van der Waals surface area contributed by atoms with E-state index < -0.39 is 0 Å². The number of hydrogen-bond acceptors (Lipinski definition) is 3. The van der Waals surface area contributed by atoms with Crippen LogP contribution in [0.1, 0.15) is 88.5 Å². The van der Waals surface area contributed by atoms with Gasteiger partial charge in [0.05, 0.1) is 12.7 Å². The molecule has 0 aliphatic carbocycles. The van der Waals surface area contributed by atoms with E-state index in [0.29, 0.717) is 19.1 Å². The Kier molecular flexibility index (Phi) is 9.69. The molecule has 0 amide bonds. The normalized spacial score (nSPS) is 26.0. The minimum Gasteiger partial charge on any atom is -0.381 e. The zero-order valence-corrected chi connectivity index (χ0v) is 18.0. The van der Waals surface area contributed by atoms with Gasteiger partial charge in [0, 0.05) is 18.9 Å². The van der Waals surface area contributed by atoms with Crippen molar-refractivity contribution < 1.29 is 14.3 Å². The summed E-state index contributed by atoms with van der Waals surface area (Å²) in [6.07, 6.45) is 13.4.